The smallest absolute Gasteiger partial charge is 0.273 e. The maximum atomic E-state index is 13.6. The first kappa shape index (κ1) is 20.4. The highest BCUT2D eigenvalue weighted by molar-refractivity contribution is 6.07. The SMILES string of the molecule is Nc1nc(C(=O)N2Cc3ccccc3C2)c2cc(-c3ccccc3C(=O)N3CCC3)ccc2n1. The van der Waals surface area contributed by atoms with Gasteiger partial charge in [-0.2, -0.15) is 0 Å². The van der Waals surface area contributed by atoms with Crippen LogP contribution in [0, 0.1) is 0 Å². The lowest BCUT2D eigenvalue weighted by Crippen LogP contribution is -2.42. The molecular weight excluding hydrogens is 426 g/mol. The molecule has 34 heavy (non-hydrogen) atoms. The summed E-state index contributed by atoms with van der Waals surface area (Å²) in [7, 11) is 0. The Labute approximate surface area is 196 Å². The Kier molecular flexibility index (Phi) is 4.76. The molecule has 7 nitrogen and oxygen atoms in total. The van der Waals surface area contributed by atoms with Crippen molar-refractivity contribution >= 4 is 28.7 Å². The topological polar surface area (TPSA) is 92.4 Å². The summed E-state index contributed by atoms with van der Waals surface area (Å²) in [5, 5.41) is 0.624. The summed E-state index contributed by atoms with van der Waals surface area (Å²) in [6.07, 6.45) is 1.04. The number of carbonyl (C=O) groups excluding carboxylic acids is 2. The molecule has 1 aromatic heterocycles. The average Bonchev–Trinajstić information content (AvgIpc) is 3.26. The molecule has 168 valence electrons. The van der Waals surface area contributed by atoms with Gasteiger partial charge in [0.15, 0.2) is 0 Å². The lowest BCUT2D eigenvalue weighted by Gasteiger charge is -2.31. The molecule has 7 heteroatoms. The van der Waals surface area contributed by atoms with Gasteiger partial charge in [0.1, 0.15) is 5.69 Å². The second-order valence-electron chi connectivity index (χ2n) is 8.78. The first-order valence-electron chi connectivity index (χ1n) is 11.4. The molecule has 3 heterocycles. The third-order valence-corrected chi connectivity index (χ3v) is 6.66. The molecule has 1 saturated heterocycles. The molecule has 1 fully saturated rings. The van der Waals surface area contributed by atoms with Crippen molar-refractivity contribution in [3.05, 3.63) is 89.1 Å². The van der Waals surface area contributed by atoms with Crippen LogP contribution in [-0.2, 0) is 13.1 Å². The Morgan fingerprint density at radius 3 is 2.21 bits per heavy atom. The van der Waals surface area contributed by atoms with Gasteiger partial charge in [-0.15, -0.1) is 0 Å². The summed E-state index contributed by atoms with van der Waals surface area (Å²) in [4.78, 5) is 38.9. The number of fused-ring (bicyclic) bond motifs is 2. The van der Waals surface area contributed by atoms with E-state index in [1.54, 1.807) is 4.90 Å². The van der Waals surface area contributed by atoms with Gasteiger partial charge in [0, 0.05) is 37.1 Å². The largest absolute Gasteiger partial charge is 0.368 e. The van der Waals surface area contributed by atoms with Gasteiger partial charge in [0.25, 0.3) is 11.8 Å². The van der Waals surface area contributed by atoms with Crippen LogP contribution in [0.1, 0.15) is 38.4 Å². The number of hydrogen-bond donors (Lipinski definition) is 1. The Morgan fingerprint density at radius 1 is 0.794 bits per heavy atom. The van der Waals surface area contributed by atoms with Crippen molar-refractivity contribution in [3.8, 4) is 11.1 Å². The van der Waals surface area contributed by atoms with Gasteiger partial charge in [0.05, 0.1) is 5.52 Å². The van der Waals surface area contributed by atoms with Crippen molar-refractivity contribution in [3.63, 3.8) is 0 Å². The van der Waals surface area contributed by atoms with Crippen LogP contribution in [0.5, 0.6) is 0 Å². The summed E-state index contributed by atoms with van der Waals surface area (Å²) in [5.74, 6) is -0.0901. The molecule has 2 N–H and O–H groups in total. The molecule has 3 aromatic carbocycles. The highest BCUT2D eigenvalue weighted by atomic mass is 16.2. The summed E-state index contributed by atoms with van der Waals surface area (Å²) in [6, 6.07) is 21.3. The monoisotopic (exact) mass is 449 g/mol. The second kappa shape index (κ2) is 7.95. The minimum absolute atomic E-state index is 0.0293. The molecule has 0 unspecified atom stereocenters. The molecule has 6 rings (SSSR count). The zero-order valence-electron chi connectivity index (χ0n) is 18.6. The van der Waals surface area contributed by atoms with Gasteiger partial charge in [-0.1, -0.05) is 48.5 Å². The fourth-order valence-corrected chi connectivity index (χ4v) is 4.71. The third-order valence-electron chi connectivity index (χ3n) is 6.66. The van der Waals surface area contributed by atoms with E-state index in [9.17, 15) is 9.59 Å². The van der Waals surface area contributed by atoms with E-state index in [0.717, 1.165) is 41.8 Å². The van der Waals surface area contributed by atoms with E-state index in [0.29, 0.717) is 29.6 Å². The number of likely N-dealkylation sites (tertiary alicyclic amines) is 1. The summed E-state index contributed by atoms with van der Waals surface area (Å²) in [6.45, 7) is 2.64. The quantitative estimate of drug-likeness (QED) is 0.512. The van der Waals surface area contributed by atoms with Crippen LogP contribution >= 0.6 is 0 Å². The van der Waals surface area contributed by atoms with Crippen molar-refractivity contribution in [1.82, 2.24) is 19.8 Å². The van der Waals surface area contributed by atoms with Gasteiger partial charge in [-0.25, -0.2) is 9.97 Å². The zero-order valence-corrected chi connectivity index (χ0v) is 18.6. The standard InChI is InChI=1S/C27H23N5O2/c28-27-29-23-11-10-17(20-8-3-4-9-21(20)25(33)31-12-5-13-31)14-22(23)24(30-27)26(34)32-15-18-6-1-2-7-19(18)16-32/h1-4,6-11,14H,5,12-13,15-16H2,(H2,28,29,30). The normalized spacial score (nSPS) is 14.7. The van der Waals surface area contributed by atoms with E-state index < -0.39 is 0 Å². The molecule has 0 spiro atoms. The maximum Gasteiger partial charge on any atom is 0.273 e. The summed E-state index contributed by atoms with van der Waals surface area (Å²) >= 11 is 0. The van der Waals surface area contributed by atoms with Gasteiger partial charge in [-0.3, -0.25) is 9.59 Å². The van der Waals surface area contributed by atoms with Crippen LogP contribution in [-0.4, -0.2) is 44.7 Å². The number of benzene rings is 3. The predicted octanol–water partition coefficient (Wildman–Crippen LogP) is 3.88. The number of nitrogens with two attached hydrogens (primary N) is 1. The molecule has 0 atom stereocenters. The van der Waals surface area contributed by atoms with Crippen LogP contribution in [0.25, 0.3) is 22.0 Å². The number of aromatic nitrogens is 2. The van der Waals surface area contributed by atoms with Crippen molar-refractivity contribution in [2.75, 3.05) is 18.8 Å². The van der Waals surface area contributed by atoms with Crippen LogP contribution in [0.15, 0.2) is 66.7 Å². The number of nitrogen functional groups attached to an aromatic ring is 1. The van der Waals surface area contributed by atoms with E-state index in [4.69, 9.17) is 5.73 Å². The number of nitrogens with zero attached hydrogens (tertiary/aromatic N) is 4. The van der Waals surface area contributed by atoms with Crippen LogP contribution in [0.3, 0.4) is 0 Å². The lowest BCUT2D eigenvalue weighted by atomic mass is 9.96. The van der Waals surface area contributed by atoms with Crippen LogP contribution < -0.4 is 5.73 Å². The van der Waals surface area contributed by atoms with Gasteiger partial charge < -0.3 is 15.5 Å². The number of carbonyl (C=O) groups is 2. The molecule has 0 aliphatic carbocycles. The average molecular weight is 450 g/mol. The van der Waals surface area contributed by atoms with Gasteiger partial charge in [0.2, 0.25) is 5.95 Å². The Bertz CT molecular complexity index is 1440. The first-order chi connectivity index (χ1) is 16.6. The highest BCUT2D eigenvalue weighted by Crippen LogP contribution is 2.31. The van der Waals surface area contributed by atoms with Crippen molar-refractivity contribution in [2.45, 2.75) is 19.5 Å². The molecule has 0 saturated carbocycles. The van der Waals surface area contributed by atoms with Crippen molar-refractivity contribution in [2.24, 2.45) is 0 Å². The highest BCUT2D eigenvalue weighted by Gasteiger charge is 2.28. The molecular formula is C27H23N5O2. The number of amides is 2. The fraction of sp³-hybridized carbons (Fsp3) is 0.185. The Morgan fingerprint density at radius 2 is 1.50 bits per heavy atom. The molecule has 2 aliphatic rings. The maximum absolute atomic E-state index is 13.6. The summed E-state index contributed by atoms with van der Waals surface area (Å²) < 4.78 is 0. The molecule has 4 aromatic rings. The Balaban J connectivity index is 1.42. The number of rotatable bonds is 3. The van der Waals surface area contributed by atoms with E-state index in [-0.39, 0.29) is 23.5 Å². The van der Waals surface area contributed by atoms with E-state index in [2.05, 4.69) is 9.97 Å². The number of anilines is 1. The first-order valence-corrected chi connectivity index (χ1v) is 11.4. The van der Waals surface area contributed by atoms with Crippen molar-refractivity contribution < 1.29 is 9.59 Å². The van der Waals surface area contributed by atoms with Gasteiger partial charge in [-0.05, 0) is 46.9 Å². The molecule has 2 amide bonds. The lowest BCUT2D eigenvalue weighted by molar-refractivity contribution is 0.0652. The minimum atomic E-state index is -0.183. The zero-order chi connectivity index (χ0) is 23.2. The van der Waals surface area contributed by atoms with Crippen LogP contribution in [0.4, 0.5) is 5.95 Å². The predicted molar refractivity (Wildman–Crippen MR) is 130 cm³/mol. The van der Waals surface area contributed by atoms with E-state index >= 15 is 0 Å². The fourth-order valence-electron chi connectivity index (χ4n) is 4.71. The Hall–Kier alpha value is -4.26. The molecule has 0 bridgehead atoms. The second-order valence-corrected chi connectivity index (χ2v) is 8.78. The number of hydrogen-bond acceptors (Lipinski definition) is 5. The third kappa shape index (κ3) is 3.37. The van der Waals surface area contributed by atoms with Crippen molar-refractivity contribution in [1.29, 1.82) is 0 Å². The van der Waals surface area contributed by atoms with Crippen LogP contribution in [0.2, 0.25) is 0 Å². The van der Waals surface area contributed by atoms with Gasteiger partial charge >= 0.3 is 0 Å². The molecule has 0 radical (unpaired) electrons. The molecule has 2 aliphatic heterocycles. The minimum Gasteiger partial charge on any atom is -0.368 e. The summed E-state index contributed by atoms with van der Waals surface area (Å²) in [5.41, 5.74) is 11.4. The van der Waals surface area contributed by atoms with E-state index in [1.165, 1.54) is 0 Å². The van der Waals surface area contributed by atoms with E-state index in [1.807, 2.05) is 71.6 Å².